The van der Waals surface area contributed by atoms with E-state index in [2.05, 4.69) is 10.2 Å². The molecule has 1 aromatic heterocycles. The number of furan rings is 1. The summed E-state index contributed by atoms with van der Waals surface area (Å²) in [6, 6.07) is 13.7. The van der Waals surface area contributed by atoms with E-state index in [1.165, 1.54) is 0 Å². The van der Waals surface area contributed by atoms with Gasteiger partial charge in [-0.2, -0.15) is 10.2 Å². The van der Waals surface area contributed by atoms with Crippen LogP contribution in [0, 0.1) is 0 Å². The fourth-order valence-electron chi connectivity index (χ4n) is 1.43. The van der Waals surface area contributed by atoms with Gasteiger partial charge >= 0.3 is 0 Å². The highest BCUT2D eigenvalue weighted by Crippen LogP contribution is 2.04. The Hall–Kier alpha value is -2.42. The minimum Gasteiger partial charge on any atom is -0.463 e. The zero-order valence-corrected chi connectivity index (χ0v) is 10.2. The summed E-state index contributed by atoms with van der Waals surface area (Å²) in [5.41, 5.74) is 2.19. The molecule has 0 radical (unpaired) electrons. The van der Waals surface area contributed by atoms with Crippen molar-refractivity contribution in [3.63, 3.8) is 0 Å². The van der Waals surface area contributed by atoms with Crippen molar-refractivity contribution in [2.75, 3.05) is 0 Å². The van der Waals surface area contributed by atoms with E-state index < -0.39 is 0 Å². The van der Waals surface area contributed by atoms with Gasteiger partial charge in [-0.25, -0.2) is 0 Å². The van der Waals surface area contributed by atoms with E-state index in [0.717, 1.165) is 11.1 Å². The summed E-state index contributed by atoms with van der Waals surface area (Å²) in [6.07, 6.45) is 6.94. The summed E-state index contributed by atoms with van der Waals surface area (Å²) in [5.74, 6) is 0.692. The van der Waals surface area contributed by atoms with Gasteiger partial charge in [0, 0.05) is 0 Å². The largest absolute Gasteiger partial charge is 0.463 e. The average molecular weight is 238 g/mol. The molecule has 1 heterocycles. The van der Waals surface area contributed by atoms with Crippen molar-refractivity contribution in [3.05, 3.63) is 65.6 Å². The normalized spacial score (nSPS) is 12.6. The molecule has 1 aromatic carbocycles. The lowest BCUT2D eigenvalue weighted by Gasteiger charge is -1.92. The van der Waals surface area contributed by atoms with Gasteiger partial charge in [-0.05, 0) is 30.2 Å². The highest BCUT2D eigenvalue weighted by Gasteiger charge is 1.88. The Bertz CT molecular complexity index is 551. The molecule has 0 bridgehead atoms. The topological polar surface area (TPSA) is 37.9 Å². The Balaban J connectivity index is 1.95. The van der Waals surface area contributed by atoms with E-state index in [1.54, 1.807) is 18.7 Å². The van der Waals surface area contributed by atoms with Crippen molar-refractivity contribution in [3.8, 4) is 0 Å². The molecule has 0 amide bonds. The third-order valence-electron chi connectivity index (χ3n) is 2.25. The summed E-state index contributed by atoms with van der Waals surface area (Å²) < 4.78 is 5.10. The van der Waals surface area contributed by atoms with Gasteiger partial charge in [-0.15, -0.1) is 0 Å². The van der Waals surface area contributed by atoms with Crippen molar-refractivity contribution in [2.45, 2.75) is 6.92 Å². The highest BCUT2D eigenvalue weighted by molar-refractivity contribution is 5.85. The van der Waals surface area contributed by atoms with Gasteiger partial charge in [0.1, 0.15) is 5.76 Å². The van der Waals surface area contributed by atoms with Crippen LogP contribution in [0.2, 0.25) is 0 Å². The van der Waals surface area contributed by atoms with E-state index in [1.807, 2.05) is 55.5 Å². The second kappa shape index (κ2) is 6.35. The molecule has 18 heavy (non-hydrogen) atoms. The first-order chi connectivity index (χ1) is 8.84. The maximum atomic E-state index is 5.10. The van der Waals surface area contributed by atoms with Gasteiger partial charge in [-0.1, -0.05) is 36.4 Å². The van der Waals surface area contributed by atoms with Crippen LogP contribution in [-0.4, -0.2) is 12.4 Å². The van der Waals surface area contributed by atoms with Gasteiger partial charge in [-0.3, -0.25) is 0 Å². The average Bonchev–Trinajstić information content (AvgIpc) is 2.89. The second-order valence-electron chi connectivity index (χ2n) is 3.80. The Morgan fingerprint density at radius 1 is 1.06 bits per heavy atom. The summed E-state index contributed by atoms with van der Waals surface area (Å²) in [4.78, 5) is 0. The first kappa shape index (κ1) is 12.0. The summed E-state index contributed by atoms with van der Waals surface area (Å²) >= 11 is 0. The van der Waals surface area contributed by atoms with Gasteiger partial charge in [0.25, 0.3) is 0 Å². The fraction of sp³-hybridized carbons (Fsp3) is 0.0667. The summed E-state index contributed by atoms with van der Waals surface area (Å²) in [7, 11) is 0. The molecule has 0 aliphatic rings. The molecule has 3 nitrogen and oxygen atoms in total. The molecule has 0 saturated carbocycles. The second-order valence-corrected chi connectivity index (χ2v) is 3.80. The van der Waals surface area contributed by atoms with Crippen molar-refractivity contribution >= 4 is 18.5 Å². The lowest BCUT2D eigenvalue weighted by atomic mass is 10.1. The van der Waals surface area contributed by atoms with Crippen LogP contribution < -0.4 is 0 Å². The minimum atomic E-state index is 0.692. The van der Waals surface area contributed by atoms with Gasteiger partial charge < -0.3 is 4.42 Å². The monoisotopic (exact) mass is 238 g/mol. The Morgan fingerprint density at radius 2 is 1.89 bits per heavy atom. The maximum Gasteiger partial charge on any atom is 0.146 e. The smallest absolute Gasteiger partial charge is 0.146 e. The van der Waals surface area contributed by atoms with Crippen LogP contribution in [0.5, 0.6) is 0 Å². The van der Waals surface area contributed by atoms with Crippen LogP contribution >= 0.6 is 0 Å². The summed E-state index contributed by atoms with van der Waals surface area (Å²) in [6.45, 7) is 1.99. The molecule has 0 spiro atoms. The van der Waals surface area contributed by atoms with Crippen LogP contribution in [0.3, 0.4) is 0 Å². The standard InChI is InChI=1S/C15H14N2O/c1-13(10-14-6-3-2-4-7-14)11-16-17-12-15-8-5-9-18-15/h2-12H,1H3/b13-10+,16-11-,17-12+. The number of hydrogen-bond acceptors (Lipinski definition) is 3. The predicted octanol–water partition coefficient (Wildman–Crippen LogP) is 3.79. The van der Waals surface area contributed by atoms with Crippen molar-refractivity contribution in [1.29, 1.82) is 0 Å². The van der Waals surface area contributed by atoms with E-state index >= 15 is 0 Å². The van der Waals surface area contributed by atoms with Crippen molar-refractivity contribution in [1.82, 2.24) is 0 Å². The number of nitrogens with zero attached hydrogens (tertiary/aromatic N) is 2. The van der Waals surface area contributed by atoms with E-state index in [0.29, 0.717) is 5.76 Å². The number of rotatable bonds is 4. The molecule has 0 aliphatic carbocycles. The van der Waals surface area contributed by atoms with Crippen LogP contribution in [0.1, 0.15) is 18.2 Å². The highest BCUT2D eigenvalue weighted by atomic mass is 16.3. The van der Waals surface area contributed by atoms with E-state index in [-0.39, 0.29) is 0 Å². The van der Waals surface area contributed by atoms with Gasteiger partial charge in [0.05, 0.1) is 18.7 Å². The summed E-state index contributed by atoms with van der Waals surface area (Å²) in [5, 5.41) is 7.86. The Labute approximate surface area is 106 Å². The first-order valence-electron chi connectivity index (χ1n) is 5.68. The SMILES string of the molecule is CC(/C=N\N=C\c1ccco1)=C\c1ccccc1. The van der Waals surface area contributed by atoms with Crippen LogP contribution in [-0.2, 0) is 0 Å². The molecule has 0 atom stereocenters. The zero-order valence-electron chi connectivity index (χ0n) is 10.2. The Morgan fingerprint density at radius 3 is 2.61 bits per heavy atom. The molecule has 0 aliphatic heterocycles. The number of allylic oxidation sites excluding steroid dienone is 1. The zero-order chi connectivity index (χ0) is 12.6. The van der Waals surface area contributed by atoms with Crippen LogP contribution in [0.15, 0.2) is 68.9 Å². The van der Waals surface area contributed by atoms with Crippen LogP contribution in [0.4, 0.5) is 0 Å². The van der Waals surface area contributed by atoms with E-state index in [4.69, 9.17) is 4.42 Å². The van der Waals surface area contributed by atoms with Crippen LogP contribution in [0.25, 0.3) is 6.08 Å². The lowest BCUT2D eigenvalue weighted by molar-refractivity contribution is 0.560. The maximum absolute atomic E-state index is 5.10. The molecular formula is C15H14N2O. The van der Waals surface area contributed by atoms with E-state index in [9.17, 15) is 0 Å². The molecule has 0 fully saturated rings. The van der Waals surface area contributed by atoms with Crippen molar-refractivity contribution < 1.29 is 4.42 Å². The van der Waals surface area contributed by atoms with Gasteiger partial charge in [0.15, 0.2) is 0 Å². The van der Waals surface area contributed by atoms with Gasteiger partial charge in [0.2, 0.25) is 0 Å². The molecular weight excluding hydrogens is 224 g/mol. The lowest BCUT2D eigenvalue weighted by Crippen LogP contribution is -1.79. The molecule has 0 saturated heterocycles. The number of benzene rings is 1. The molecule has 90 valence electrons. The quantitative estimate of drug-likeness (QED) is 0.590. The molecule has 2 aromatic rings. The molecule has 2 rings (SSSR count). The fourth-order valence-corrected chi connectivity index (χ4v) is 1.43. The Kier molecular flexibility index (Phi) is 4.25. The predicted molar refractivity (Wildman–Crippen MR) is 74.9 cm³/mol. The third kappa shape index (κ3) is 3.87. The third-order valence-corrected chi connectivity index (χ3v) is 2.25. The number of hydrogen-bond donors (Lipinski definition) is 0. The minimum absolute atomic E-state index is 0.692. The molecule has 3 heteroatoms. The molecule has 0 unspecified atom stereocenters. The first-order valence-corrected chi connectivity index (χ1v) is 5.68. The van der Waals surface area contributed by atoms with Crippen molar-refractivity contribution in [2.24, 2.45) is 10.2 Å². The molecule has 0 N–H and O–H groups in total.